The average Bonchev–Trinajstić information content (AvgIpc) is 3.12. The van der Waals surface area contributed by atoms with E-state index in [1.165, 1.54) is 7.05 Å². The van der Waals surface area contributed by atoms with Crippen LogP contribution in [0.5, 0.6) is 5.75 Å². The van der Waals surface area contributed by atoms with Crippen LogP contribution >= 0.6 is 0 Å². The fourth-order valence-corrected chi connectivity index (χ4v) is 4.34. The molecule has 0 bridgehead atoms. The van der Waals surface area contributed by atoms with Crippen LogP contribution in [0.15, 0.2) is 24.3 Å². The SMILES string of the molecule is CCOC(=O)[C@]1(CC)[NH2+][C@@H](c2ccc(OC)cc2)[C@H]2C(=O)N(C)C(=O)[C@H]21. The summed E-state index contributed by atoms with van der Waals surface area (Å²) in [6, 6.07) is 7.07. The van der Waals surface area contributed by atoms with Gasteiger partial charge in [-0.25, -0.2) is 4.79 Å². The second kappa shape index (κ2) is 6.72. The van der Waals surface area contributed by atoms with Crippen molar-refractivity contribution in [1.82, 2.24) is 4.90 Å². The normalized spacial score (nSPS) is 30.5. The molecule has 0 unspecified atom stereocenters. The van der Waals surface area contributed by atoms with Gasteiger partial charge >= 0.3 is 5.97 Å². The molecule has 26 heavy (non-hydrogen) atoms. The fourth-order valence-electron chi connectivity index (χ4n) is 4.34. The summed E-state index contributed by atoms with van der Waals surface area (Å²) in [5, 5.41) is 1.87. The van der Waals surface area contributed by atoms with Crippen molar-refractivity contribution in [3.05, 3.63) is 29.8 Å². The number of likely N-dealkylation sites (tertiary alicyclic amines) is 1. The lowest BCUT2D eigenvalue weighted by atomic mass is 9.78. The van der Waals surface area contributed by atoms with E-state index in [9.17, 15) is 14.4 Å². The van der Waals surface area contributed by atoms with Crippen LogP contribution in [0.1, 0.15) is 31.9 Å². The first kappa shape index (κ1) is 18.4. The van der Waals surface area contributed by atoms with Gasteiger partial charge in [0.15, 0.2) is 0 Å². The predicted octanol–water partition coefficient (Wildman–Crippen LogP) is 0.256. The minimum atomic E-state index is -1.08. The molecule has 2 heterocycles. The number of nitrogens with zero attached hydrogens (tertiary/aromatic N) is 1. The molecular formula is C19H25N2O5+. The van der Waals surface area contributed by atoms with Crippen molar-refractivity contribution in [2.45, 2.75) is 31.8 Å². The topological polar surface area (TPSA) is 89.5 Å². The first-order chi connectivity index (χ1) is 12.4. The van der Waals surface area contributed by atoms with E-state index in [1.54, 1.807) is 14.0 Å². The Hall–Kier alpha value is -2.41. The third-order valence-corrected chi connectivity index (χ3v) is 5.73. The molecular weight excluding hydrogens is 336 g/mol. The van der Waals surface area contributed by atoms with Crippen molar-refractivity contribution in [3.8, 4) is 5.75 Å². The number of fused-ring (bicyclic) bond motifs is 1. The van der Waals surface area contributed by atoms with Crippen LogP contribution in [0, 0.1) is 11.8 Å². The Morgan fingerprint density at radius 2 is 1.85 bits per heavy atom. The molecule has 2 aliphatic heterocycles. The lowest BCUT2D eigenvalue weighted by molar-refractivity contribution is -0.734. The molecule has 2 amide bonds. The third-order valence-electron chi connectivity index (χ3n) is 5.73. The molecule has 4 atom stereocenters. The lowest BCUT2D eigenvalue weighted by Gasteiger charge is -2.28. The van der Waals surface area contributed by atoms with E-state index in [0.717, 1.165) is 10.5 Å². The van der Waals surface area contributed by atoms with Crippen molar-refractivity contribution < 1.29 is 29.2 Å². The van der Waals surface area contributed by atoms with Gasteiger partial charge in [0.1, 0.15) is 23.6 Å². The lowest BCUT2D eigenvalue weighted by Crippen LogP contribution is -2.98. The minimum absolute atomic E-state index is 0.233. The number of esters is 1. The molecule has 1 aromatic carbocycles. The van der Waals surface area contributed by atoms with Crippen LogP contribution in [0.4, 0.5) is 0 Å². The summed E-state index contributed by atoms with van der Waals surface area (Å²) >= 11 is 0. The molecule has 140 valence electrons. The highest BCUT2D eigenvalue weighted by atomic mass is 16.5. The van der Waals surface area contributed by atoms with E-state index in [1.807, 2.05) is 36.5 Å². The summed E-state index contributed by atoms with van der Waals surface area (Å²) in [6.45, 7) is 3.83. The molecule has 0 saturated carbocycles. The van der Waals surface area contributed by atoms with E-state index in [4.69, 9.17) is 9.47 Å². The smallest absolute Gasteiger partial charge is 0.368 e. The summed E-state index contributed by atoms with van der Waals surface area (Å²) in [4.78, 5) is 39.6. The molecule has 7 heteroatoms. The largest absolute Gasteiger partial charge is 0.497 e. The summed E-state index contributed by atoms with van der Waals surface area (Å²) in [5.74, 6) is -1.55. The standard InChI is InChI=1S/C19H24N2O5/c1-5-19(18(24)26-6-2)14-13(16(22)21(3)17(14)23)15(20-19)11-7-9-12(25-4)10-8-11/h7-10,13-15,20H,5-6H2,1-4H3/p+1/t13-,14-,15-,19+/m0/s1. The number of ether oxygens (including phenoxy) is 2. The Morgan fingerprint density at radius 1 is 1.19 bits per heavy atom. The first-order valence-electron chi connectivity index (χ1n) is 8.89. The van der Waals surface area contributed by atoms with Gasteiger partial charge in [0.25, 0.3) is 0 Å². The molecule has 1 aromatic rings. The zero-order valence-electron chi connectivity index (χ0n) is 15.5. The zero-order valence-corrected chi connectivity index (χ0v) is 15.5. The van der Waals surface area contributed by atoms with Crippen LogP contribution in [0.2, 0.25) is 0 Å². The molecule has 3 rings (SSSR count). The number of nitrogens with two attached hydrogens (primary N) is 1. The minimum Gasteiger partial charge on any atom is -0.497 e. The highest BCUT2D eigenvalue weighted by Crippen LogP contribution is 2.45. The number of methoxy groups -OCH3 is 1. The number of hydrogen-bond donors (Lipinski definition) is 1. The van der Waals surface area contributed by atoms with Crippen molar-refractivity contribution in [2.75, 3.05) is 20.8 Å². The molecule has 2 aliphatic rings. The Labute approximate surface area is 152 Å². The average molecular weight is 361 g/mol. The fraction of sp³-hybridized carbons (Fsp3) is 0.526. The number of hydrogen-bond acceptors (Lipinski definition) is 5. The molecule has 0 radical (unpaired) electrons. The van der Waals surface area contributed by atoms with E-state index >= 15 is 0 Å². The van der Waals surface area contributed by atoms with Gasteiger partial charge in [0, 0.05) is 19.0 Å². The maximum Gasteiger partial charge on any atom is 0.368 e. The molecule has 0 aliphatic carbocycles. The summed E-state index contributed by atoms with van der Waals surface area (Å²) in [7, 11) is 3.07. The maximum atomic E-state index is 12.8. The Bertz CT molecular complexity index is 732. The van der Waals surface area contributed by atoms with Gasteiger partial charge in [-0.3, -0.25) is 14.5 Å². The van der Waals surface area contributed by atoms with Gasteiger partial charge in [-0.1, -0.05) is 6.92 Å². The maximum absolute atomic E-state index is 12.8. The molecule has 2 N–H and O–H groups in total. The van der Waals surface area contributed by atoms with Gasteiger partial charge in [0.05, 0.1) is 13.7 Å². The Morgan fingerprint density at radius 3 is 2.38 bits per heavy atom. The van der Waals surface area contributed by atoms with Crippen LogP contribution in [-0.4, -0.2) is 49.0 Å². The van der Waals surface area contributed by atoms with Crippen molar-refractivity contribution in [1.29, 1.82) is 0 Å². The van der Waals surface area contributed by atoms with Gasteiger partial charge in [-0.05, 0) is 31.2 Å². The van der Waals surface area contributed by atoms with Gasteiger partial charge in [-0.2, -0.15) is 0 Å². The van der Waals surface area contributed by atoms with E-state index in [0.29, 0.717) is 12.2 Å². The third kappa shape index (κ3) is 2.49. The van der Waals surface area contributed by atoms with Crippen molar-refractivity contribution >= 4 is 17.8 Å². The highest BCUT2D eigenvalue weighted by Gasteiger charge is 2.71. The van der Waals surface area contributed by atoms with Crippen LogP contribution in [0.25, 0.3) is 0 Å². The highest BCUT2D eigenvalue weighted by molar-refractivity contribution is 6.08. The molecule has 2 saturated heterocycles. The zero-order chi connectivity index (χ0) is 19.1. The number of benzene rings is 1. The predicted molar refractivity (Wildman–Crippen MR) is 92.1 cm³/mol. The second-order valence-corrected chi connectivity index (χ2v) is 6.82. The van der Waals surface area contributed by atoms with Crippen LogP contribution in [0.3, 0.4) is 0 Å². The van der Waals surface area contributed by atoms with Crippen LogP contribution < -0.4 is 10.1 Å². The number of carbonyl (C=O) groups excluding carboxylic acids is 3. The summed E-state index contributed by atoms with van der Waals surface area (Å²) < 4.78 is 10.5. The second-order valence-electron chi connectivity index (χ2n) is 6.82. The van der Waals surface area contributed by atoms with E-state index < -0.39 is 23.3 Å². The summed E-state index contributed by atoms with van der Waals surface area (Å²) in [6.07, 6.45) is 0.409. The number of imide groups is 1. The summed E-state index contributed by atoms with van der Waals surface area (Å²) in [5.41, 5.74) is -0.195. The van der Waals surface area contributed by atoms with Gasteiger partial charge in [0.2, 0.25) is 17.4 Å². The Kier molecular flexibility index (Phi) is 4.75. The Balaban J connectivity index is 2.07. The van der Waals surface area contributed by atoms with Crippen molar-refractivity contribution in [3.63, 3.8) is 0 Å². The monoisotopic (exact) mass is 361 g/mol. The molecule has 0 aromatic heterocycles. The van der Waals surface area contributed by atoms with Gasteiger partial charge < -0.3 is 14.8 Å². The quantitative estimate of drug-likeness (QED) is 0.600. The molecule has 0 spiro atoms. The number of carbonyl (C=O) groups is 3. The van der Waals surface area contributed by atoms with Crippen LogP contribution in [-0.2, 0) is 19.1 Å². The first-order valence-corrected chi connectivity index (χ1v) is 8.89. The molecule has 2 fully saturated rings. The van der Waals surface area contributed by atoms with Crippen molar-refractivity contribution in [2.24, 2.45) is 11.8 Å². The van der Waals surface area contributed by atoms with Gasteiger partial charge in [-0.15, -0.1) is 0 Å². The van der Waals surface area contributed by atoms with E-state index in [-0.39, 0.29) is 24.5 Å². The number of rotatable bonds is 5. The molecule has 7 nitrogen and oxygen atoms in total. The number of amides is 2. The number of quaternary nitrogens is 1. The van der Waals surface area contributed by atoms with E-state index in [2.05, 4.69) is 0 Å².